The summed E-state index contributed by atoms with van der Waals surface area (Å²) >= 11 is 0. The van der Waals surface area contributed by atoms with Crippen LogP contribution in [0.3, 0.4) is 0 Å². The molecule has 0 radical (unpaired) electrons. The van der Waals surface area contributed by atoms with E-state index in [1.807, 2.05) is 86.8 Å². The summed E-state index contributed by atoms with van der Waals surface area (Å²) in [7, 11) is 1.93. The first-order chi connectivity index (χ1) is 27.4. The zero-order valence-corrected chi connectivity index (χ0v) is 32.8. The molecule has 0 amide bonds. The van der Waals surface area contributed by atoms with Crippen molar-refractivity contribution in [2.24, 2.45) is 0 Å². The van der Waals surface area contributed by atoms with Crippen LogP contribution in [0.4, 0.5) is 0 Å². The average molecular weight is 730 g/mol. The van der Waals surface area contributed by atoms with Crippen LogP contribution in [0, 0.1) is 6.92 Å². The Morgan fingerprint density at radius 1 is 0.696 bits per heavy atom. The number of allylic oxidation sites excluding steroid dienone is 12. The molecule has 7 rings (SSSR count). The fraction of sp³-hybridized carbons (Fsp3) is 0.111. The van der Waals surface area contributed by atoms with Crippen LogP contribution in [0.15, 0.2) is 207 Å². The topological polar surface area (TPSA) is 21.3 Å². The maximum absolute atomic E-state index is 6.36. The van der Waals surface area contributed by atoms with Crippen molar-refractivity contribution in [2.75, 3.05) is 7.05 Å². The smallest absolute Gasteiger partial charge is 0.131 e. The molecular formula is C54H51NO. The standard InChI is InChI=1S/C38H32O.C16H19N/c1-27-16-18-31(19-17-27)33-20-21-35-34(26-33)28(2)25-32-13-7-6-12-30(32)22-24-38(35)23-10-4-5-11-29(3)39-37-15-9-8-14-36(37)38;1-3-4-5-6-7-11-14-16(17-2)15-12-9-8-10-13-15/h4-22,25-26H,2-3,23-24H2,1H3;3-14,17H,1-2H3/b10-4-,11-5-,30-22-,32-25-;4-3+,6-5-,11-7-,16-14-. The molecule has 0 fully saturated rings. The molecular weight excluding hydrogens is 679 g/mol. The predicted octanol–water partition coefficient (Wildman–Crippen LogP) is 12.0. The molecule has 0 bridgehead atoms. The lowest BCUT2D eigenvalue weighted by atomic mass is 9.67. The summed E-state index contributed by atoms with van der Waals surface area (Å²) in [6.45, 7) is 12.9. The highest BCUT2D eigenvalue weighted by Gasteiger charge is 2.37. The first kappa shape index (κ1) is 39.1. The van der Waals surface area contributed by atoms with Gasteiger partial charge in [-0.05, 0) is 101 Å². The minimum Gasteiger partial charge on any atom is -0.458 e. The van der Waals surface area contributed by atoms with E-state index in [2.05, 4.69) is 153 Å². The van der Waals surface area contributed by atoms with E-state index < -0.39 is 0 Å². The third kappa shape index (κ3) is 9.53. The van der Waals surface area contributed by atoms with Gasteiger partial charge in [0.05, 0.1) is 0 Å². The van der Waals surface area contributed by atoms with Crippen molar-refractivity contribution in [1.82, 2.24) is 5.32 Å². The summed E-state index contributed by atoms with van der Waals surface area (Å²) in [4.78, 5) is 0. The molecule has 5 aromatic rings. The maximum Gasteiger partial charge on any atom is 0.131 e. The molecule has 56 heavy (non-hydrogen) atoms. The van der Waals surface area contributed by atoms with E-state index in [1.165, 1.54) is 38.3 Å². The van der Waals surface area contributed by atoms with Crippen LogP contribution in [0.2, 0.25) is 0 Å². The van der Waals surface area contributed by atoms with Crippen molar-refractivity contribution >= 4 is 23.4 Å². The van der Waals surface area contributed by atoms with Crippen molar-refractivity contribution in [3.63, 3.8) is 0 Å². The molecule has 278 valence electrons. The van der Waals surface area contributed by atoms with Crippen LogP contribution < -0.4 is 20.5 Å². The van der Waals surface area contributed by atoms with Gasteiger partial charge in [0.2, 0.25) is 0 Å². The van der Waals surface area contributed by atoms with Crippen LogP contribution in [0.5, 0.6) is 5.75 Å². The Morgan fingerprint density at radius 2 is 1.39 bits per heavy atom. The fourth-order valence-corrected chi connectivity index (χ4v) is 7.23. The highest BCUT2D eigenvalue weighted by Crippen LogP contribution is 2.48. The van der Waals surface area contributed by atoms with E-state index in [1.54, 1.807) is 0 Å². The number of hydrogen-bond acceptors (Lipinski definition) is 2. The summed E-state index contributed by atoms with van der Waals surface area (Å²) in [6, 6.07) is 42.9. The molecule has 1 aliphatic carbocycles. The number of rotatable bonds is 6. The van der Waals surface area contributed by atoms with E-state index in [4.69, 9.17) is 4.74 Å². The zero-order valence-electron chi connectivity index (χ0n) is 32.8. The van der Waals surface area contributed by atoms with Crippen LogP contribution in [0.25, 0.3) is 34.5 Å². The second kappa shape index (κ2) is 19.1. The SMILES string of the molecule is C/C=C/C=C\C=C/C=C(\NC)c1ccccc1.C=C1/C=C\C=C/CC2(C/C=c3/cccc/c3=C/C(=C)c3cc(-c4ccc(C)cc4)ccc32)c2ccccc2O1. The van der Waals surface area contributed by atoms with Gasteiger partial charge in [-0.25, -0.2) is 0 Å². The van der Waals surface area contributed by atoms with Gasteiger partial charge in [0.15, 0.2) is 0 Å². The van der Waals surface area contributed by atoms with Gasteiger partial charge < -0.3 is 10.1 Å². The second-order valence-electron chi connectivity index (χ2n) is 14.0. The monoisotopic (exact) mass is 729 g/mol. The average Bonchev–Trinajstić information content (AvgIpc) is 3.27. The molecule has 2 nitrogen and oxygen atoms in total. The van der Waals surface area contributed by atoms with E-state index in [9.17, 15) is 0 Å². The second-order valence-corrected chi connectivity index (χ2v) is 14.0. The molecule has 1 spiro atoms. The summed E-state index contributed by atoms with van der Waals surface area (Å²) in [6.07, 6.45) is 28.6. The van der Waals surface area contributed by atoms with Crippen molar-refractivity contribution in [2.45, 2.75) is 32.1 Å². The van der Waals surface area contributed by atoms with Crippen molar-refractivity contribution in [1.29, 1.82) is 0 Å². The largest absolute Gasteiger partial charge is 0.458 e. The molecule has 1 N–H and O–H groups in total. The predicted molar refractivity (Wildman–Crippen MR) is 241 cm³/mol. The Kier molecular flexibility index (Phi) is 13.3. The zero-order chi connectivity index (χ0) is 39.2. The lowest BCUT2D eigenvalue weighted by Gasteiger charge is -2.37. The van der Waals surface area contributed by atoms with Gasteiger partial charge in [0, 0.05) is 23.7 Å². The normalized spacial score (nSPS) is 19.0. The number of benzene rings is 5. The van der Waals surface area contributed by atoms with Crippen molar-refractivity contribution in [3.05, 3.63) is 245 Å². The third-order valence-electron chi connectivity index (χ3n) is 10.2. The lowest BCUT2D eigenvalue weighted by Crippen LogP contribution is -2.30. The Hall–Kier alpha value is -6.64. The lowest BCUT2D eigenvalue weighted by molar-refractivity contribution is 0.420. The molecule has 1 aliphatic heterocycles. The number of para-hydroxylation sites is 1. The van der Waals surface area contributed by atoms with Gasteiger partial charge >= 0.3 is 0 Å². The van der Waals surface area contributed by atoms with Crippen LogP contribution in [-0.4, -0.2) is 7.05 Å². The number of aryl methyl sites for hydroxylation is 1. The number of nitrogens with one attached hydrogen (secondary N) is 1. The minimum absolute atomic E-state index is 0.381. The van der Waals surface area contributed by atoms with E-state index in [0.29, 0.717) is 5.76 Å². The molecule has 0 saturated heterocycles. The Bertz CT molecular complexity index is 2470. The molecule has 1 unspecified atom stereocenters. The molecule has 1 atom stereocenters. The molecule has 0 saturated carbocycles. The Balaban J connectivity index is 0.000000264. The fourth-order valence-electron chi connectivity index (χ4n) is 7.23. The summed E-state index contributed by atoms with van der Waals surface area (Å²) < 4.78 is 6.36. The number of ether oxygens (including phenoxy) is 1. The molecule has 2 heteroatoms. The first-order valence-electron chi connectivity index (χ1n) is 19.3. The van der Waals surface area contributed by atoms with E-state index in [-0.39, 0.29) is 5.41 Å². The van der Waals surface area contributed by atoms with Gasteiger partial charge in [-0.15, -0.1) is 0 Å². The minimum atomic E-state index is -0.381. The van der Waals surface area contributed by atoms with Crippen molar-refractivity contribution < 1.29 is 4.74 Å². The van der Waals surface area contributed by atoms with Gasteiger partial charge in [-0.2, -0.15) is 0 Å². The highest BCUT2D eigenvalue weighted by atomic mass is 16.5. The summed E-state index contributed by atoms with van der Waals surface area (Å²) in [5.41, 5.74) is 10.1. The first-order valence-corrected chi connectivity index (χ1v) is 19.3. The van der Waals surface area contributed by atoms with E-state index in [0.717, 1.165) is 41.0 Å². The van der Waals surface area contributed by atoms with E-state index >= 15 is 0 Å². The highest BCUT2D eigenvalue weighted by molar-refractivity contribution is 5.91. The Labute approximate surface area is 333 Å². The molecule has 5 aromatic carbocycles. The number of hydrogen-bond donors (Lipinski definition) is 1. The Morgan fingerprint density at radius 3 is 2.18 bits per heavy atom. The third-order valence-corrected chi connectivity index (χ3v) is 10.2. The maximum atomic E-state index is 6.36. The van der Waals surface area contributed by atoms with Crippen LogP contribution >= 0.6 is 0 Å². The van der Waals surface area contributed by atoms with Gasteiger partial charge in [-0.3, -0.25) is 0 Å². The summed E-state index contributed by atoms with van der Waals surface area (Å²) in [5.74, 6) is 1.46. The van der Waals surface area contributed by atoms with Gasteiger partial charge in [0.1, 0.15) is 11.5 Å². The molecule has 2 aliphatic rings. The van der Waals surface area contributed by atoms with Crippen LogP contribution in [-0.2, 0) is 5.41 Å². The van der Waals surface area contributed by atoms with Gasteiger partial charge in [0.25, 0.3) is 0 Å². The molecule has 0 aromatic heterocycles. The molecule has 1 heterocycles. The summed E-state index contributed by atoms with van der Waals surface area (Å²) in [5, 5.41) is 5.59. The van der Waals surface area contributed by atoms with Crippen LogP contribution in [0.1, 0.15) is 47.6 Å². The van der Waals surface area contributed by atoms with Crippen molar-refractivity contribution in [3.8, 4) is 16.9 Å². The number of fused-ring (bicyclic) bond motifs is 5. The van der Waals surface area contributed by atoms with Gasteiger partial charge in [-0.1, -0.05) is 189 Å². The quantitative estimate of drug-likeness (QED) is 0.176.